The molecular formula is C12H21N3. The minimum absolute atomic E-state index is 0.513. The Labute approximate surface area is 91.9 Å². The first-order chi connectivity index (χ1) is 7.20. The van der Waals surface area contributed by atoms with Crippen LogP contribution in [0.2, 0.25) is 0 Å². The maximum Gasteiger partial charge on any atom is 0.0762 e. The zero-order valence-electron chi connectivity index (χ0n) is 9.90. The average molecular weight is 207 g/mol. The van der Waals surface area contributed by atoms with Crippen LogP contribution in [0.1, 0.15) is 45.3 Å². The van der Waals surface area contributed by atoms with E-state index in [2.05, 4.69) is 48.1 Å². The Bertz CT molecular complexity index is 318. The van der Waals surface area contributed by atoms with Crippen molar-refractivity contribution in [1.82, 2.24) is 15.1 Å². The lowest BCUT2D eigenvalue weighted by Gasteiger charge is -2.08. The molecule has 0 bridgehead atoms. The van der Waals surface area contributed by atoms with E-state index in [0.717, 1.165) is 30.6 Å². The fourth-order valence-corrected chi connectivity index (χ4v) is 1.75. The summed E-state index contributed by atoms with van der Waals surface area (Å²) in [6.45, 7) is 7.59. The van der Waals surface area contributed by atoms with Crippen molar-refractivity contribution in [2.45, 2.75) is 52.2 Å². The summed E-state index contributed by atoms with van der Waals surface area (Å²) in [7, 11) is 0. The van der Waals surface area contributed by atoms with E-state index in [1.54, 1.807) is 0 Å². The molecular weight excluding hydrogens is 186 g/mol. The molecule has 3 heteroatoms. The van der Waals surface area contributed by atoms with Gasteiger partial charge in [-0.2, -0.15) is 5.10 Å². The first-order valence-electron chi connectivity index (χ1n) is 5.98. The van der Waals surface area contributed by atoms with Crippen LogP contribution in [-0.2, 0) is 6.54 Å². The van der Waals surface area contributed by atoms with Gasteiger partial charge in [-0.05, 0) is 31.7 Å². The Morgan fingerprint density at radius 1 is 1.67 bits per heavy atom. The quantitative estimate of drug-likeness (QED) is 0.803. The second-order valence-corrected chi connectivity index (χ2v) is 4.74. The molecule has 0 saturated heterocycles. The van der Waals surface area contributed by atoms with E-state index in [9.17, 15) is 0 Å². The summed E-state index contributed by atoms with van der Waals surface area (Å²) >= 11 is 0. The molecule has 1 heterocycles. The van der Waals surface area contributed by atoms with Gasteiger partial charge in [0.15, 0.2) is 0 Å². The van der Waals surface area contributed by atoms with Crippen LogP contribution in [0.5, 0.6) is 0 Å². The van der Waals surface area contributed by atoms with Gasteiger partial charge in [0.05, 0.1) is 5.69 Å². The minimum Gasteiger partial charge on any atom is -0.308 e. The van der Waals surface area contributed by atoms with E-state index in [4.69, 9.17) is 0 Å². The van der Waals surface area contributed by atoms with Crippen molar-refractivity contribution in [3.05, 3.63) is 18.0 Å². The van der Waals surface area contributed by atoms with Gasteiger partial charge in [-0.1, -0.05) is 13.8 Å². The molecule has 0 amide bonds. The van der Waals surface area contributed by atoms with Crippen LogP contribution >= 0.6 is 0 Å². The summed E-state index contributed by atoms with van der Waals surface area (Å²) < 4.78 is 2.06. The number of hydrogen-bond donors (Lipinski definition) is 1. The van der Waals surface area contributed by atoms with Crippen LogP contribution in [0.4, 0.5) is 0 Å². The van der Waals surface area contributed by atoms with Crippen LogP contribution in [0, 0.1) is 5.92 Å². The molecule has 3 unspecified atom stereocenters. The molecule has 0 radical (unpaired) electrons. The molecule has 1 N–H and O–H groups in total. The first kappa shape index (κ1) is 10.7. The van der Waals surface area contributed by atoms with E-state index in [1.165, 1.54) is 6.42 Å². The highest BCUT2D eigenvalue weighted by Crippen LogP contribution is 2.29. The predicted molar refractivity (Wildman–Crippen MR) is 61.6 cm³/mol. The molecule has 2 rings (SSSR count). The highest BCUT2D eigenvalue weighted by atomic mass is 15.3. The van der Waals surface area contributed by atoms with Gasteiger partial charge in [-0.15, -0.1) is 0 Å². The van der Waals surface area contributed by atoms with Crippen molar-refractivity contribution in [2.75, 3.05) is 0 Å². The molecule has 3 atom stereocenters. The van der Waals surface area contributed by atoms with E-state index in [-0.39, 0.29) is 0 Å². The monoisotopic (exact) mass is 207 g/mol. The van der Waals surface area contributed by atoms with Crippen LogP contribution in [0.15, 0.2) is 12.3 Å². The molecule has 0 spiro atoms. The van der Waals surface area contributed by atoms with E-state index < -0.39 is 0 Å². The fourth-order valence-electron chi connectivity index (χ4n) is 1.75. The molecule has 1 aromatic rings. The molecule has 0 aromatic carbocycles. The lowest BCUT2D eigenvalue weighted by atomic mass is 10.3. The van der Waals surface area contributed by atoms with E-state index in [1.807, 2.05) is 0 Å². The summed E-state index contributed by atoms with van der Waals surface area (Å²) in [4.78, 5) is 0. The van der Waals surface area contributed by atoms with Gasteiger partial charge in [0.2, 0.25) is 0 Å². The van der Waals surface area contributed by atoms with E-state index in [0.29, 0.717) is 6.04 Å². The van der Waals surface area contributed by atoms with Crippen molar-refractivity contribution >= 4 is 0 Å². The Morgan fingerprint density at radius 2 is 2.40 bits per heavy atom. The lowest BCUT2D eigenvalue weighted by molar-refractivity contribution is 0.471. The number of hydrogen-bond acceptors (Lipinski definition) is 2. The molecule has 1 aliphatic rings. The Kier molecular flexibility index (Phi) is 3.10. The standard InChI is InChI=1S/C12H21N3/c1-4-10(3)15-6-5-11(14-15)8-13-12-7-9(12)2/h5-6,9-10,12-13H,4,7-8H2,1-3H3. The largest absolute Gasteiger partial charge is 0.308 e. The van der Waals surface area contributed by atoms with Crippen molar-refractivity contribution in [2.24, 2.45) is 5.92 Å². The Hall–Kier alpha value is -0.830. The van der Waals surface area contributed by atoms with Gasteiger partial charge >= 0.3 is 0 Å². The molecule has 84 valence electrons. The summed E-state index contributed by atoms with van der Waals surface area (Å²) in [6.07, 6.45) is 4.54. The summed E-state index contributed by atoms with van der Waals surface area (Å²) in [5.74, 6) is 0.863. The maximum absolute atomic E-state index is 4.56. The predicted octanol–water partition coefficient (Wildman–Crippen LogP) is 2.35. The van der Waals surface area contributed by atoms with Crippen molar-refractivity contribution in [3.63, 3.8) is 0 Å². The second-order valence-electron chi connectivity index (χ2n) is 4.74. The summed E-state index contributed by atoms with van der Waals surface area (Å²) in [5.41, 5.74) is 1.16. The summed E-state index contributed by atoms with van der Waals surface area (Å²) in [5, 5.41) is 8.08. The van der Waals surface area contributed by atoms with Crippen molar-refractivity contribution < 1.29 is 0 Å². The van der Waals surface area contributed by atoms with Crippen molar-refractivity contribution in [3.8, 4) is 0 Å². The average Bonchev–Trinajstić information content (AvgIpc) is 2.77. The second kappa shape index (κ2) is 4.35. The smallest absolute Gasteiger partial charge is 0.0762 e. The Morgan fingerprint density at radius 3 is 3.00 bits per heavy atom. The molecule has 1 aliphatic carbocycles. The van der Waals surface area contributed by atoms with Crippen LogP contribution in [0.3, 0.4) is 0 Å². The highest BCUT2D eigenvalue weighted by Gasteiger charge is 2.31. The van der Waals surface area contributed by atoms with Gasteiger partial charge < -0.3 is 5.32 Å². The van der Waals surface area contributed by atoms with E-state index >= 15 is 0 Å². The van der Waals surface area contributed by atoms with Gasteiger partial charge in [-0.3, -0.25) is 4.68 Å². The maximum atomic E-state index is 4.56. The zero-order chi connectivity index (χ0) is 10.8. The third-order valence-corrected chi connectivity index (χ3v) is 3.36. The molecule has 0 aliphatic heterocycles. The number of rotatable bonds is 5. The Balaban J connectivity index is 1.84. The highest BCUT2D eigenvalue weighted by molar-refractivity contribution is 5.01. The number of nitrogens with one attached hydrogen (secondary N) is 1. The van der Waals surface area contributed by atoms with Crippen LogP contribution < -0.4 is 5.32 Å². The third-order valence-electron chi connectivity index (χ3n) is 3.36. The number of nitrogens with zero attached hydrogens (tertiary/aromatic N) is 2. The molecule has 1 aromatic heterocycles. The van der Waals surface area contributed by atoms with Crippen LogP contribution in [-0.4, -0.2) is 15.8 Å². The normalized spacial score (nSPS) is 26.6. The topological polar surface area (TPSA) is 29.9 Å². The first-order valence-corrected chi connectivity index (χ1v) is 5.98. The van der Waals surface area contributed by atoms with Crippen LogP contribution in [0.25, 0.3) is 0 Å². The molecule has 1 fully saturated rings. The van der Waals surface area contributed by atoms with Gasteiger partial charge in [0.25, 0.3) is 0 Å². The van der Waals surface area contributed by atoms with Gasteiger partial charge in [0, 0.05) is 24.8 Å². The van der Waals surface area contributed by atoms with Crippen molar-refractivity contribution in [1.29, 1.82) is 0 Å². The number of aromatic nitrogens is 2. The molecule has 3 nitrogen and oxygen atoms in total. The van der Waals surface area contributed by atoms with Gasteiger partial charge in [0.1, 0.15) is 0 Å². The zero-order valence-corrected chi connectivity index (χ0v) is 9.90. The molecule has 15 heavy (non-hydrogen) atoms. The molecule has 1 saturated carbocycles. The SMILES string of the molecule is CCC(C)n1ccc(CNC2CC2C)n1. The fraction of sp³-hybridized carbons (Fsp3) is 0.750. The van der Waals surface area contributed by atoms with Gasteiger partial charge in [-0.25, -0.2) is 0 Å². The minimum atomic E-state index is 0.513. The lowest BCUT2D eigenvalue weighted by Crippen LogP contribution is -2.17. The third kappa shape index (κ3) is 2.59. The summed E-state index contributed by atoms with van der Waals surface area (Å²) in [6, 6.07) is 3.36.